The van der Waals surface area contributed by atoms with E-state index < -0.39 is 28.5 Å². The van der Waals surface area contributed by atoms with Crippen molar-refractivity contribution in [2.24, 2.45) is 0 Å². The Morgan fingerprint density at radius 1 is 0.950 bits per heavy atom. The van der Waals surface area contributed by atoms with Crippen molar-refractivity contribution in [1.82, 2.24) is 10.2 Å². The Bertz CT molecular complexity index is 1390. The number of benzene rings is 3. The summed E-state index contributed by atoms with van der Waals surface area (Å²) in [7, 11) is -2.69. The van der Waals surface area contributed by atoms with E-state index in [0.29, 0.717) is 17.2 Å². The van der Waals surface area contributed by atoms with Crippen LogP contribution in [0.1, 0.15) is 38.3 Å². The van der Waals surface area contributed by atoms with Crippen LogP contribution >= 0.6 is 11.6 Å². The van der Waals surface area contributed by atoms with Gasteiger partial charge in [-0.3, -0.25) is 13.9 Å². The highest BCUT2D eigenvalue weighted by molar-refractivity contribution is 7.92. The summed E-state index contributed by atoms with van der Waals surface area (Å²) in [5.41, 5.74) is 2.15. The molecule has 40 heavy (non-hydrogen) atoms. The number of nitrogens with one attached hydrogen (secondary N) is 1. The molecular weight excluding hydrogens is 550 g/mol. The predicted octanol–water partition coefficient (Wildman–Crippen LogP) is 5.18. The molecule has 3 aromatic rings. The Balaban J connectivity index is 2.05. The van der Waals surface area contributed by atoms with E-state index in [0.717, 1.165) is 15.4 Å². The van der Waals surface area contributed by atoms with Gasteiger partial charge in [-0.25, -0.2) is 8.42 Å². The van der Waals surface area contributed by atoms with Crippen LogP contribution in [0.5, 0.6) is 5.75 Å². The second kappa shape index (κ2) is 13.7. The maximum absolute atomic E-state index is 14.0. The molecule has 1 N–H and O–H groups in total. The molecular formula is C30H36ClN3O5S. The smallest absolute Gasteiger partial charge is 0.264 e. The first-order valence-corrected chi connectivity index (χ1v) is 14.9. The third-order valence-corrected chi connectivity index (χ3v) is 8.37. The van der Waals surface area contributed by atoms with Crippen LogP contribution in [-0.2, 0) is 26.2 Å². The van der Waals surface area contributed by atoms with Crippen molar-refractivity contribution in [1.29, 1.82) is 0 Å². The number of nitrogens with zero attached hydrogens (tertiary/aromatic N) is 2. The van der Waals surface area contributed by atoms with Crippen LogP contribution in [-0.4, -0.2) is 50.9 Å². The number of anilines is 1. The highest BCUT2D eigenvalue weighted by atomic mass is 35.5. The molecule has 0 bridgehead atoms. The Morgan fingerprint density at radius 3 is 2.08 bits per heavy atom. The van der Waals surface area contributed by atoms with Crippen LogP contribution in [0.2, 0.25) is 5.02 Å². The Morgan fingerprint density at radius 2 is 1.55 bits per heavy atom. The van der Waals surface area contributed by atoms with Crippen molar-refractivity contribution < 1.29 is 22.7 Å². The van der Waals surface area contributed by atoms with Gasteiger partial charge in [0.15, 0.2) is 0 Å². The van der Waals surface area contributed by atoms with E-state index in [1.807, 2.05) is 52.0 Å². The van der Waals surface area contributed by atoms with Crippen molar-refractivity contribution in [3.8, 4) is 5.75 Å². The fraction of sp³-hybridized carbons (Fsp3) is 0.333. The van der Waals surface area contributed by atoms with Gasteiger partial charge in [0, 0.05) is 17.6 Å². The molecule has 0 aliphatic rings. The molecule has 8 nitrogen and oxygen atoms in total. The molecule has 0 radical (unpaired) electrons. The van der Waals surface area contributed by atoms with Crippen LogP contribution in [0.3, 0.4) is 0 Å². The number of hydrogen-bond acceptors (Lipinski definition) is 5. The minimum atomic E-state index is -4.18. The number of hydrogen-bond donors (Lipinski definition) is 1. The first kappa shape index (κ1) is 31.0. The maximum atomic E-state index is 14.0. The number of halogens is 1. The summed E-state index contributed by atoms with van der Waals surface area (Å²) in [6, 6.07) is 18.9. The van der Waals surface area contributed by atoms with Crippen LogP contribution in [0.4, 0.5) is 5.69 Å². The summed E-state index contributed by atoms with van der Waals surface area (Å²) in [6.45, 7) is 7.10. The van der Waals surface area contributed by atoms with Gasteiger partial charge in [-0.2, -0.15) is 0 Å². The molecule has 0 saturated carbocycles. The maximum Gasteiger partial charge on any atom is 0.264 e. The van der Waals surface area contributed by atoms with Gasteiger partial charge in [-0.1, -0.05) is 48.4 Å². The average Bonchev–Trinajstić information content (AvgIpc) is 2.92. The molecule has 0 fully saturated rings. The number of aryl methyl sites for hydroxylation is 1. The van der Waals surface area contributed by atoms with E-state index in [-0.39, 0.29) is 29.1 Å². The molecule has 0 saturated heterocycles. The predicted molar refractivity (Wildman–Crippen MR) is 158 cm³/mol. The average molecular weight is 586 g/mol. The standard InChI is InChI=1S/C30H36ClN3O5S/c1-6-28(30(36)32-21(2)3)33(19-23-9-7-22(4)8-10-23)29(35)20-34(25-13-11-24(31)12-14-25)40(37,38)27-17-15-26(39-5)16-18-27/h7-18,21,28H,6,19-20H2,1-5H3,(H,32,36). The molecule has 0 heterocycles. The number of carbonyl (C=O) groups excluding carboxylic acids is 2. The van der Waals surface area contributed by atoms with E-state index in [9.17, 15) is 18.0 Å². The molecule has 1 atom stereocenters. The van der Waals surface area contributed by atoms with Crippen LogP contribution in [0, 0.1) is 6.92 Å². The first-order valence-electron chi connectivity index (χ1n) is 13.0. The van der Waals surface area contributed by atoms with Crippen LogP contribution < -0.4 is 14.4 Å². The second-order valence-corrected chi connectivity index (χ2v) is 12.1. The number of sulfonamides is 1. The zero-order valence-corrected chi connectivity index (χ0v) is 25.0. The zero-order chi connectivity index (χ0) is 29.4. The van der Waals surface area contributed by atoms with Crippen molar-refractivity contribution in [2.75, 3.05) is 18.0 Å². The Kier molecular flexibility index (Phi) is 10.6. The highest BCUT2D eigenvalue weighted by Crippen LogP contribution is 2.27. The molecule has 3 rings (SSSR count). The third kappa shape index (κ3) is 7.76. The summed E-state index contributed by atoms with van der Waals surface area (Å²) in [5.74, 6) is -0.313. The Labute approximate surface area is 241 Å². The number of carbonyl (C=O) groups is 2. The van der Waals surface area contributed by atoms with Crippen LogP contribution in [0.15, 0.2) is 77.7 Å². The topological polar surface area (TPSA) is 96.0 Å². The van der Waals surface area contributed by atoms with E-state index >= 15 is 0 Å². The number of amides is 2. The van der Waals surface area contributed by atoms with Crippen molar-refractivity contribution >= 4 is 39.1 Å². The molecule has 10 heteroatoms. The third-order valence-electron chi connectivity index (χ3n) is 6.33. The quantitative estimate of drug-likeness (QED) is 0.316. The van der Waals surface area contributed by atoms with Gasteiger partial charge in [-0.15, -0.1) is 0 Å². The van der Waals surface area contributed by atoms with E-state index in [4.69, 9.17) is 16.3 Å². The van der Waals surface area contributed by atoms with Crippen molar-refractivity contribution in [3.05, 3.63) is 88.9 Å². The summed E-state index contributed by atoms with van der Waals surface area (Å²) in [4.78, 5) is 28.7. The molecule has 1 unspecified atom stereocenters. The molecule has 0 aliphatic carbocycles. The second-order valence-electron chi connectivity index (χ2n) is 9.76. The van der Waals surface area contributed by atoms with Gasteiger partial charge in [-0.05, 0) is 81.3 Å². The molecule has 214 valence electrons. The summed E-state index contributed by atoms with van der Waals surface area (Å²) in [6.07, 6.45) is 0.350. The SMILES string of the molecule is CCC(C(=O)NC(C)C)N(Cc1ccc(C)cc1)C(=O)CN(c1ccc(Cl)cc1)S(=O)(=O)c1ccc(OC)cc1. The minimum Gasteiger partial charge on any atom is -0.497 e. The summed E-state index contributed by atoms with van der Waals surface area (Å²) >= 11 is 6.07. The van der Waals surface area contributed by atoms with Gasteiger partial charge in [0.1, 0.15) is 18.3 Å². The van der Waals surface area contributed by atoms with Crippen molar-refractivity contribution in [2.45, 2.75) is 57.6 Å². The van der Waals surface area contributed by atoms with Gasteiger partial charge in [0.05, 0.1) is 17.7 Å². The monoisotopic (exact) mass is 585 g/mol. The number of rotatable bonds is 12. The fourth-order valence-corrected chi connectivity index (χ4v) is 5.74. The fourth-order valence-electron chi connectivity index (χ4n) is 4.20. The normalized spacial score (nSPS) is 12.1. The van der Waals surface area contributed by atoms with E-state index in [1.54, 1.807) is 36.4 Å². The molecule has 3 aromatic carbocycles. The van der Waals surface area contributed by atoms with Gasteiger partial charge in [0.2, 0.25) is 11.8 Å². The van der Waals surface area contributed by atoms with Gasteiger partial charge < -0.3 is 15.0 Å². The molecule has 2 amide bonds. The highest BCUT2D eigenvalue weighted by Gasteiger charge is 2.33. The lowest BCUT2D eigenvalue weighted by Gasteiger charge is -2.33. The summed E-state index contributed by atoms with van der Waals surface area (Å²) in [5, 5.41) is 3.32. The van der Waals surface area contributed by atoms with Crippen molar-refractivity contribution in [3.63, 3.8) is 0 Å². The summed E-state index contributed by atoms with van der Waals surface area (Å²) < 4.78 is 34.0. The minimum absolute atomic E-state index is 0.00859. The van der Waals surface area contributed by atoms with E-state index in [2.05, 4.69) is 5.32 Å². The van der Waals surface area contributed by atoms with E-state index in [1.165, 1.54) is 24.1 Å². The zero-order valence-electron chi connectivity index (χ0n) is 23.4. The molecule has 0 spiro atoms. The Hall–Kier alpha value is -3.56. The van der Waals surface area contributed by atoms with Gasteiger partial charge >= 0.3 is 0 Å². The van der Waals surface area contributed by atoms with Crippen LogP contribution in [0.25, 0.3) is 0 Å². The molecule has 0 aliphatic heterocycles. The number of methoxy groups -OCH3 is 1. The lowest BCUT2D eigenvalue weighted by molar-refractivity contribution is -0.140. The first-order chi connectivity index (χ1) is 19.0. The lowest BCUT2D eigenvalue weighted by Crippen LogP contribution is -2.53. The largest absolute Gasteiger partial charge is 0.497 e. The lowest BCUT2D eigenvalue weighted by atomic mass is 10.1. The molecule has 0 aromatic heterocycles. The van der Waals surface area contributed by atoms with Gasteiger partial charge in [0.25, 0.3) is 10.0 Å². The number of ether oxygens (including phenoxy) is 1.